The number of carbonyl (C=O) groups is 1. The molecule has 1 saturated carbocycles. The molecule has 0 spiro atoms. The predicted molar refractivity (Wildman–Crippen MR) is 37.4 cm³/mol. The van der Waals surface area contributed by atoms with Gasteiger partial charge in [-0.15, -0.1) is 0 Å². The molecule has 2 N–H and O–H groups in total. The summed E-state index contributed by atoms with van der Waals surface area (Å²) >= 11 is 0. The molecule has 0 bridgehead atoms. The van der Waals surface area contributed by atoms with Gasteiger partial charge in [0.05, 0.1) is 0 Å². The van der Waals surface area contributed by atoms with E-state index in [0.29, 0.717) is 6.47 Å². The minimum atomic E-state index is 0.0845. The maximum Gasteiger partial charge on any atom is 0.293 e. The van der Waals surface area contributed by atoms with Crippen molar-refractivity contribution in [3.63, 3.8) is 0 Å². The number of rotatable bonds is 2. The zero-order valence-electron chi connectivity index (χ0n) is 5.95. The molecule has 2 unspecified atom stereocenters. The first-order valence-corrected chi connectivity index (χ1v) is 3.67. The molecule has 1 fully saturated rings. The Hall–Kier alpha value is -0.570. The van der Waals surface area contributed by atoms with Crippen LogP contribution in [0, 0.1) is 0 Å². The lowest BCUT2D eigenvalue weighted by molar-refractivity contribution is -0.135. The van der Waals surface area contributed by atoms with Gasteiger partial charge in [0, 0.05) is 6.04 Å². The minimum absolute atomic E-state index is 0.0845. The van der Waals surface area contributed by atoms with Crippen molar-refractivity contribution in [2.45, 2.75) is 37.8 Å². The van der Waals surface area contributed by atoms with E-state index in [2.05, 4.69) is 0 Å². The number of carbonyl (C=O) groups excluding carboxylic acids is 1. The summed E-state index contributed by atoms with van der Waals surface area (Å²) in [7, 11) is 0. The van der Waals surface area contributed by atoms with Gasteiger partial charge in [0.2, 0.25) is 0 Å². The summed E-state index contributed by atoms with van der Waals surface area (Å²) < 4.78 is 4.79. The number of nitrogens with two attached hydrogens (primary N) is 1. The monoisotopic (exact) mass is 143 g/mol. The number of ether oxygens (including phenoxy) is 1. The van der Waals surface area contributed by atoms with Crippen molar-refractivity contribution in [2.75, 3.05) is 0 Å². The SMILES string of the molecule is NC1CCCC(OC=O)C1. The molecule has 0 heterocycles. The van der Waals surface area contributed by atoms with Gasteiger partial charge in [-0.2, -0.15) is 0 Å². The lowest BCUT2D eigenvalue weighted by Crippen LogP contribution is -2.31. The highest BCUT2D eigenvalue weighted by Gasteiger charge is 2.19. The van der Waals surface area contributed by atoms with E-state index in [9.17, 15) is 4.79 Å². The summed E-state index contributed by atoms with van der Waals surface area (Å²) in [6.07, 6.45) is 4.05. The third-order valence-electron chi connectivity index (χ3n) is 1.91. The molecular weight excluding hydrogens is 130 g/mol. The quantitative estimate of drug-likeness (QED) is 0.570. The smallest absolute Gasteiger partial charge is 0.293 e. The maximum absolute atomic E-state index is 9.92. The Morgan fingerprint density at radius 2 is 2.30 bits per heavy atom. The van der Waals surface area contributed by atoms with E-state index >= 15 is 0 Å². The van der Waals surface area contributed by atoms with Gasteiger partial charge in [-0.3, -0.25) is 4.79 Å². The van der Waals surface area contributed by atoms with E-state index in [4.69, 9.17) is 10.5 Å². The first-order valence-electron chi connectivity index (χ1n) is 3.67. The van der Waals surface area contributed by atoms with E-state index < -0.39 is 0 Å². The fourth-order valence-corrected chi connectivity index (χ4v) is 1.38. The van der Waals surface area contributed by atoms with Gasteiger partial charge in [-0.25, -0.2) is 0 Å². The Labute approximate surface area is 60.5 Å². The second kappa shape index (κ2) is 3.56. The molecule has 0 saturated heterocycles. The van der Waals surface area contributed by atoms with Crippen LogP contribution in [0.5, 0.6) is 0 Å². The average Bonchev–Trinajstić information content (AvgIpc) is 1.88. The topological polar surface area (TPSA) is 52.3 Å². The highest BCUT2D eigenvalue weighted by atomic mass is 16.5. The highest BCUT2D eigenvalue weighted by molar-refractivity contribution is 5.37. The second-order valence-corrected chi connectivity index (χ2v) is 2.78. The molecule has 58 valence electrons. The van der Waals surface area contributed by atoms with Crippen molar-refractivity contribution >= 4 is 6.47 Å². The summed E-state index contributed by atoms with van der Waals surface area (Å²) in [5.74, 6) is 0. The molecule has 0 aromatic carbocycles. The summed E-state index contributed by atoms with van der Waals surface area (Å²) in [5, 5.41) is 0. The van der Waals surface area contributed by atoms with Gasteiger partial charge in [-0.1, -0.05) is 0 Å². The van der Waals surface area contributed by atoms with Crippen LogP contribution in [0.15, 0.2) is 0 Å². The Morgan fingerprint density at radius 3 is 2.90 bits per heavy atom. The van der Waals surface area contributed by atoms with Gasteiger partial charge in [0.1, 0.15) is 6.10 Å². The summed E-state index contributed by atoms with van der Waals surface area (Å²) in [6, 6.07) is 0.235. The molecule has 3 nitrogen and oxygen atoms in total. The Bertz CT molecular complexity index is 116. The third-order valence-corrected chi connectivity index (χ3v) is 1.91. The van der Waals surface area contributed by atoms with Crippen LogP contribution in [-0.2, 0) is 9.53 Å². The normalized spacial score (nSPS) is 33.3. The zero-order valence-corrected chi connectivity index (χ0v) is 5.95. The van der Waals surface area contributed by atoms with E-state index in [-0.39, 0.29) is 12.1 Å². The molecule has 1 aliphatic carbocycles. The van der Waals surface area contributed by atoms with E-state index in [1.54, 1.807) is 0 Å². The van der Waals surface area contributed by atoms with Crippen molar-refractivity contribution < 1.29 is 9.53 Å². The molecule has 3 heteroatoms. The fourth-order valence-electron chi connectivity index (χ4n) is 1.38. The van der Waals surface area contributed by atoms with Crippen molar-refractivity contribution in [2.24, 2.45) is 5.73 Å². The molecule has 1 aliphatic rings. The van der Waals surface area contributed by atoms with Crippen LogP contribution < -0.4 is 5.73 Å². The van der Waals surface area contributed by atoms with Crippen molar-refractivity contribution in [3.05, 3.63) is 0 Å². The molecule has 0 amide bonds. The van der Waals surface area contributed by atoms with E-state index in [1.807, 2.05) is 0 Å². The van der Waals surface area contributed by atoms with Gasteiger partial charge in [0.15, 0.2) is 0 Å². The van der Waals surface area contributed by atoms with E-state index in [0.717, 1.165) is 25.7 Å². The first kappa shape index (κ1) is 7.54. The molecule has 1 rings (SSSR count). The lowest BCUT2D eigenvalue weighted by atomic mass is 9.94. The second-order valence-electron chi connectivity index (χ2n) is 2.78. The fraction of sp³-hybridized carbons (Fsp3) is 0.857. The molecule has 0 radical (unpaired) electrons. The van der Waals surface area contributed by atoms with Crippen molar-refractivity contribution in [1.82, 2.24) is 0 Å². The highest BCUT2D eigenvalue weighted by Crippen LogP contribution is 2.18. The molecule has 0 aromatic rings. The van der Waals surface area contributed by atoms with Crippen molar-refractivity contribution in [3.8, 4) is 0 Å². The predicted octanol–water partition coefficient (Wildman–Crippen LogP) is 0.429. The van der Waals surface area contributed by atoms with Gasteiger partial charge < -0.3 is 10.5 Å². The van der Waals surface area contributed by atoms with Crippen LogP contribution in [0.2, 0.25) is 0 Å². The Balaban J connectivity index is 2.24. The average molecular weight is 143 g/mol. The Morgan fingerprint density at radius 1 is 1.50 bits per heavy atom. The zero-order chi connectivity index (χ0) is 7.40. The number of hydrogen-bond donors (Lipinski definition) is 1. The standard InChI is InChI=1S/C7H13NO2/c8-6-2-1-3-7(4-6)10-5-9/h5-7H,1-4,8H2. The number of hydrogen-bond acceptors (Lipinski definition) is 3. The van der Waals surface area contributed by atoms with Crippen LogP contribution in [0.3, 0.4) is 0 Å². The van der Waals surface area contributed by atoms with Crippen LogP contribution >= 0.6 is 0 Å². The van der Waals surface area contributed by atoms with Crippen LogP contribution in [-0.4, -0.2) is 18.6 Å². The lowest BCUT2D eigenvalue weighted by Gasteiger charge is -2.24. The summed E-state index contributed by atoms with van der Waals surface area (Å²) in [4.78, 5) is 9.92. The van der Waals surface area contributed by atoms with Crippen LogP contribution in [0.1, 0.15) is 25.7 Å². The maximum atomic E-state index is 9.92. The van der Waals surface area contributed by atoms with E-state index in [1.165, 1.54) is 0 Å². The third kappa shape index (κ3) is 1.99. The molecular formula is C7H13NO2. The van der Waals surface area contributed by atoms with Gasteiger partial charge in [0.25, 0.3) is 6.47 Å². The first-order chi connectivity index (χ1) is 4.83. The minimum Gasteiger partial charge on any atom is -0.465 e. The summed E-state index contributed by atoms with van der Waals surface area (Å²) in [5.41, 5.74) is 5.66. The van der Waals surface area contributed by atoms with Gasteiger partial charge in [-0.05, 0) is 25.7 Å². The summed E-state index contributed by atoms with van der Waals surface area (Å²) in [6.45, 7) is 0.517. The Kier molecular flexibility index (Phi) is 2.68. The molecule has 10 heavy (non-hydrogen) atoms. The van der Waals surface area contributed by atoms with Crippen molar-refractivity contribution in [1.29, 1.82) is 0 Å². The van der Waals surface area contributed by atoms with Gasteiger partial charge >= 0.3 is 0 Å². The largest absolute Gasteiger partial charge is 0.465 e. The molecule has 0 aliphatic heterocycles. The van der Waals surface area contributed by atoms with Crippen LogP contribution in [0.25, 0.3) is 0 Å². The van der Waals surface area contributed by atoms with Crippen LogP contribution in [0.4, 0.5) is 0 Å². The molecule has 0 aromatic heterocycles. The molecule has 2 atom stereocenters.